The van der Waals surface area contributed by atoms with Crippen molar-refractivity contribution in [3.05, 3.63) is 59.2 Å². The van der Waals surface area contributed by atoms with Crippen molar-refractivity contribution in [1.82, 2.24) is 0 Å². The quantitative estimate of drug-likeness (QED) is 0.528. The van der Waals surface area contributed by atoms with Crippen LogP contribution in [0.5, 0.6) is 11.5 Å². The van der Waals surface area contributed by atoms with Crippen LogP contribution in [0, 0.1) is 19.8 Å². The number of alkyl halides is 2. The van der Waals surface area contributed by atoms with Gasteiger partial charge in [-0.25, -0.2) is 0 Å². The molecule has 0 saturated carbocycles. The zero-order valence-electron chi connectivity index (χ0n) is 14.7. The Morgan fingerprint density at radius 3 is 2.42 bits per heavy atom. The van der Waals surface area contributed by atoms with Crippen LogP contribution >= 0.6 is 0 Å². The standard InChI is InChI=1S/C21H26IO2/c1-15-9-10-19(20(22-3)17-11-13-23-14-12-17)16(2)21(15)24-18-7-5-4-6-8-18/h4-10,17,20H,11-14H2,1-3H3/q-1. The van der Waals surface area contributed by atoms with Crippen LogP contribution in [-0.2, 0) is 4.74 Å². The Kier molecular flexibility index (Phi) is 6.17. The van der Waals surface area contributed by atoms with Crippen molar-refractivity contribution in [2.24, 2.45) is 5.92 Å². The fourth-order valence-electron chi connectivity index (χ4n) is 3.46. The van der Waals surface area contributed by atoms with Gasteiger partial charge < -0.3 is 0 Å². The molecular weight excluding hydrogens is 411 g/mol. The maximum atomic E-state index is 6.25. The second-order valence-electron chi connectivity index (χ2n) is 6.41. The first kappa shape index (κ1) is 17.7. The fraction of sp³-hybridized carbons (Fsp3) is 0.429. The summed E-state index contributed by atoms with van der Waals surface area (Å²) in [7, 11) is 0. The Bertz CT molecular complexity index is 663. The van der Waals surface area contributed by atoms with Crippen LogP contribution in [-0.4, -0.2) is 18.1 Å². The zero-order valence-corrected chi connectivity index (χ0v) is 16.9. The van der Waals surface area contributed by atoms with Crippen LogP contribution in [0.1, 0.15) is 33.5 Å². The molecule has 2 nitrogen and oxygen atoms in total. The first-order chi connectivity index (χ1) is 11.7. The van der Waals surface area contributed by atoms with Crippen molar-refractivity contribution in [1.29, 1.82) is 0 Å². The molecule has 2 aromatic rings. The monoisotopic (exact) mass is 437 g/mol. The third-order valence-electron chi connectivity index (χ3n) is 4.82. The molecule has 1 atom stereocenters. The van der Waals surface area contributed by atoms with Crippen molar-refractivity contribution in [2.45, 2.75) is 30.6 Å². The molecule has 0 amide bonds. The number of hydrogen-bond acceptors (Lipinski definition) is 2. The van der Waals surface area contributed by atoms with Gasteiger partial charge in [-0.05, 0) is 0 Å². The molecule has 0 spiro atoms. The number of ether oxygens (including phenoxy) is 2. The van der Waals surface area contributed by atoms with Crippen molar-refractivity contribution in [2.75, 3.05) is 18.1 Å². The van der Waals surface area contributed by atoms with E-state index in [0.29, 0.717) is 3.92 Å². The molecule has 1 aliphatic rings. The van der Waals surface area contributed by atoms with Crippen molar-refractivity contribution in [3.63, 3.8) is 0 Å². The Balaban J connectivity index is 1.92. The van der Waals surface area contributed by atoms with Gasteiger partial charge in [-0.15, -0.1) is 0 Å². The predicted molar refractivity (Wildman–Crippen MR) is 94.6 cm³/mol. The number of para-hydroxylation sites is 1. The van der Waals surface area contributed by atoms with E-state index >= 15 is 0 Å². The van der Waals surface area contributed by atoms with Crippen molar-refractivity contribution < 1.29 is 30.7 Å². The molecule has 1 aliphatic heterocycles. The van der Waals surface area contributed by atoms with Gasteiger partial charge in [0.15, 0.2) is 0 Å². The molecule has 24 heavy (non-hydrogen) atoms. The van der Waals surface area contributed by atoms with E-state index in [1.54, 1.807) is 0 Å². The molecule has 3 rings (SSSR count). The van der Waals surface area contributed by atoms with Gasteiger partial charge in [-0.3, -0.25) is 0 Å². The Morgan fingerprint density at radius 2 is 1.75 bits per heavy atom. The van der Waals surface area contributed by atoms with Gasteiger partial charge in [0.05, 0.1) is 0 Å². The van der Waals surface area contributed by atoms with E-state index in [-0.39, 0.29) is 21.2 Å². The summed E-state index contributed by atoms with van der Waals surface area (Å²) in [5.41, 5.74) is 4.02. The van der Waals surface area contributed by atoms with E-state index in [4.69, 9.17) is 9.47 Å². The molecule has 1 heterocycles. The molecule has 1 saturated heterocycles. The Hall–Kier alpha value is -1.07. The van der Waals surface area contributed by atoms with Gasteiger partial charge in [0.2, 0.25) is 0 Å². The van der Waals surface area contributed by atoms with Gasteiger partial charge >= 0.3 is 156 Å². The van der Waals surface area contributed by atoms with Crippen LogP contribution in [0.15, 0.2) is 42.5 Å². The average Bonchev–Trinajstić information content (AvgIpc) is 2.63. The number of halogens is 1. The summed E-state index contributed by atoms with van der Waals surface area (Å²) in [5.74, 6) is 2.71. The molecule has 1 unspecified atom stereocenters. The topological polar surface area (TPSA) is 18.5 Å². The summed E-state index contributed by atoms with van der Waals surface area (Å²) in [6.45, 7) is 6.21. The van der Waals surface area contributed by atoms with E-state index in [1.165, 1.54) is 29.5 Å². The fourth-order valence-corrected chi connectivity index (χ4v) is 6.54. The van der Waals surface area contributed by atoms with E-state index in [1.807, 2.05) is 30.3 Å². The van der Waals surface area contributed by atoms with Gasteiger partial charge in [0.1, 0.15) is 0 Å². The van der Waals surface area contributed by atoms with Crippen molar-refractivity contribution >= 4 is 0 Å². The summed E-state index contributed by atoms with van der Waals surface area (Å²) in [6, 6.07) is 14.7. The first-order valence-corrected chi connectivity index (χ1v) is 12.0. The molecule has 130 valence electrons. The van der Waals surface area contributed by atoms with E-state index in [2.05, 4.69) is 30.9 Å². The summed E-state index contributed by atoms with van der Waals surface area (Å²) in [6.07, 6.45) is 2.39. The van der Waals surface area contributed by atoms with Crippen LogP contribution < -0.4 is 25.9 Å². The first-order valence-electron chi connectivity index (χ1n) is 8.59. The van der Waals surface area contributed by atoms with Crippen LogP contribution in [0.4, 0.5) is 0 Å². The molecule has 1 fully saturated rings. The number of benzene rings is 2. The van der Waals surface area contributed by atoms with E-state index in [9.17, 15) is 0 Å². The average molecular weight is 437 g/mol. The third-order valence-corrected chi connectivity index (χ3v) is 7.85. The summed E-state index contributed by atoms with van der Waals surface area (Å²) >= 11 is 0.127. The Labute approximate surface area is 155 Å². The number of aryl methyl sites for hydroxylation is 1. The van der Waals surface area contributed by atoms with E-state index < -0.39 is 0 Å². The summed E-state index contributed by atoms with van der Waals surface area (Å²) < 4.78 is 12.5. The van der Waals surface area contributed by atoms with Gasteiger partial charge in [-0.2, -0.15) is 0 Å². The van der Waals surface area contributed by atoms with Crippen molar-refractivity contribution in [3.8, 4) is 11.5 Å². The van der Waals surface area contributed by atoms with Gasteiger partial charge in [0, 0.05) is 0 Å². The molecule has 3 heteroatoms. The van der Waals surface area contributed by atoms with Gasteiger partial charge in [-0.1, -0.05) is 0 Å². The molecule has 2 aromatic carbocycles. The van der Waals surface area contributed by atoms with Crippen LogP contribution in [0.3, 0.4) is 0 Å². The SMILES string of the molecule is C[I-]C(c1ccc(C)c(Oc2ccccc2)c1C)C1CCOCC1. The molecule has 0 N–H and O–H groups in total. The molecular formula is C21H26IO2-. The third kappa shape index (κ3) is 3.94. The van der Waals surface area contributed by atoms with E-state index in [0.717, 1.165) is 30.6 Å². The van der Waals surface area contributed by atoms with Crippen LogP contribution in [0.2, 0.25) is 0 Å². The summed E-state index contributed by atoms with van der Waals surface area (Å²) in [5, 5.41) is 0. The number of hydrogen-bond donors (Lipinski definition) is 0. The zero-order chi connectivity index (χ0) is 16.9. The molecule has 0 radical (unpaired) electrons. The Morgan fingerprint density at radius 1 is 1.04 bits per heavy atom. The maximum absolute atomic E-state index is 6.25. The normalized spacial score (nSPS) is 17.0. The second-order valence-corrected chi connectivity index (χ2v) is 9.00. The second kappa shape index (κ2) is 8.34. The number of rotatable bonds is 5. The van der Waals surface area contributed by atoms with Crippen LogP contribution in [0.25, 0.3) is 0 Å². The predicted octanol–water partition coefficient (Wildman–Crippen LogP) is 2.28. The minimum absolute atomic E-state index is 0.127. The summed E-state index contributed by atoms with van der Waals surface area (Å²) in [4.78, 5) is 2.41. The molecule has 0 aliphatic carbocycles. The van der Waals surface area contributed by atoms with Gasteiger partial charge in [0.25, 0.3) is 0 Å². The molecule has 0 bridgehead atoms. The molecule has 0 aromatic heterocycles. The minimum atomic E-state index is 0.127.